The Morgan fingerprint density at radius 2 is 1.05 bits per heavy atom. The molecule has 298 valence electrons. The first-order valence-corrected chi connectivity index (χ1v) is 22.0. The highest BCUT2D eigenvalue weighted by atomic mass is 16.3. The largest absolute Gasteiger partial charge is 0.456 e. The first-order chi connectivity index (χ1) is 30.9. The smallest absolute Gasteiger partial charge is 0.252 e. The number of benzene rings is 9. The van der Waals surface area contributed by atoms with Crippen LogP contribution in [0.2, 0.25) is 0 Å². The van der Waals surface area contributed by atoms with Gasteiger partial charge in [-0.15, -0.1) is 0 Å². The number of aryl methyl sites for hydroxylation is 1. The van der Waals surface area contributed by atoms with Crippen LogP contribution in [0.4, 0.5) is 51.2 Å². The Hall–Kier alpha value is -7.76. The topological polar surface area (TPSA) is 22.9 Å². The van der Waals surface area contributed by atoms with E-state index in [0.717, 1.165) is 50.4 Å². The van der Waals surface area contributed by atoms with E-state index in [0.29, 0.717) is 0 Å². The van der Waals surface area contributed by atoms with Crippen LogP contribution in [0, 0.1) is 6.92 Å². The molecule has 4 nitrogen and oxygen atoms in total. The van der Waals surface area contributed by atoms with Gasteiger partial charge in [0.15, 0.2) is 0 Å². The maximum atomic E-state index is 6.51. The fourth-order valence-corrected chi connectivity index (χ4v) is 11.1. The number of hydrogen-bond donors (Lipinski definition) is 0. The van der Waals surface area contributed by atoms with Gasteiger partial charge in [-0.25, -0.2) is 0 Å². The van der Waals surface area contributed by atoms with Crippen molar-refractivity contribution in [3.63, 3.8) is 0 Å². The zero-order valence-electron chi connectivity index (χ0n) is 35.4. The van der Waals surface area contributed by atoms with Crippen LogP contribution in [0.5, 0.6) is 0 Å². The minimum Gasteiger partial charge on any atom is -0.456 e. The molecule has 0 fully saturated rings. The van der Waals surface area contributed by atoms with Gasteiger partial charge >= 0.3 is 0 Å². The van der Waals surface area contributed by atoms with Crippen molar-refractivity contribution in [3.8, 4) is 11.1 Å². The molecule has 0 saturated carbocycles. The van der Waals surface area contributed by atoms with Crippen LogP contribution in [0.15, 0.2) is 205 Å². The Balaban J connectivity index is 1.08. The quantitative estimate of drug-likeness (QED) is 0.162. The minimum atomic E-state index is -0.153. The van der Waals surface area contributed by atoms with Crippen molar-refractivity contribution in [2.24, 2.45) is 0 Å². The third kappa shape index (κ3) is 5.23. The third-order valence-corrected chi connectivity index (χ3v) is 13.8. The minimum absolute atomic E-state index is 0.00435. The van der Waals surface area contributed by atoms with E-state index >= 15 is 0 Å². The van der Waals surface area contributed by atoms with Gasteiger partial charge in [0.05, 0.1) is 0 Å². The Morgan fingerprint density at radius 3 is 1.84 bits per heavy atom. The van der Waals surface area contributed by atoms with Crippen LogP contribution < -0.4 is 31.1 Å². The van der Waals surface area contributed by atoms with Crippen LogP contribution >= 0.6 is 0 Å². The lowest BCUT2D eigenvalue weighted by molar-refractivity contribution is 0.660. The van der Waals surface area contributed by atoms with Crippen molar-refractivity contribution in [2.75, 3.05) is 14.7 Å². The highest BCUT2D eigenvalue weighted by Gasteiger charge is 2.44. The summed E-state index contributed by atoms with van der Waals surface area (Å²) < 4.78 is 6.51. The second kappa shape index (κ2) is 13.4. The Kier molecular flexibility index (Phi) is 7.63. The number of hydrogen-bond acceptors (Lipinski definition) is 4. The van der Waals surface area contributed by atoms with Crippen LogP contribution in [-0.2, 0) is 5.41 Å². The SMILES string of the molecule is Cc1cc2c3c(c1)N(c1ccc4c(c1)C(C)(C)c1ccccc1-4)c1cc(N(c4ccccc4)c4ccccc4)ccc1B3c1ccccc1N2c1ccc2c(c1)oc1ccccc12. The molecule has 2 aliphatic heterocycles. The van der Waals surface area contributed by atoms with Crippen molar-refractivity contribution < 1.29 is 4.42 Å². The molecule has 0 atom stereocenters. The molecule has 0 unspecified atom stereocenters. The highest BCUT2D eigenvalue weighted by molar-refractivity contribution is 7.00. The number of para-hydroxylation sites is 4. The zero-order valence-corrected chi connectivity index (χ0v) is 35.4. The van der Waals surface area contributed by atoms with Gasteiger partial charge in [0.25, 0.3) is 6.71 Å². The highest BCUT2D eigenvalue weighted by Crippen LogP contribution is 2.52. The summed E-state index contributed by atoms with van der Waals surface area (Å²) in [7, 11) is 0. The molecular formula is C58H42BN3O. The fourth-order valence-electron chi connectivity index (χ4n) is 11.1. The number of rotatable bonds is 5. The van der Waals surface area contributed by atoms with Crippen molar-refractivity contribution in [2.45, 2.75) is 26.2 Å². The molecule has 1 aromatic heterocycles. The van der Waals surface area contributed by atoms with Crippen LogP contribution in [0.3, 0.4) is 0 Å². The lowest BCUT2D eigenvalue weighted by Gasteiger charge is -2.44. The number of fused-ring (bicyclic) bond motifs is 10. The molecular weight excluding hydrogens is 765 g/mol. The van der Waals surface area contributed by atoms with Gasteiger partial charge in [-0.2, -0.15) is 0 Å². The zero-order chi connectivity index (χ0) is 42.0. The summed E-state index contributed by atoms with van der Waals surface area (Å²) >= 11 is 0. The molecule has 0 spiro atoms. The van der Waals surface area contributed by atoms with Gasteiger partial charge in [0, 0.05) is 73.4 Å². The molecule has 1 aliphatic carbocycles. The van der Waals surface area contributed by atoms with E-state index in [1.165, 1.54) is 67.0 Å². The van der Waals surface area contributed by atoms with Crippen molar-refractivity contribution in [3.05, 3.63) is 217 Å². The number of furan rings is 1. The average Bonchev–Trinajstić information content (AvgIpc) is 3.80. The molecule has 0 radical (unpaired) electrons. The van der Waals surface area contributed by atoms with Crippen molar-refractivity contribution >= 4 is 96.2 Å². The second-order valence-electron chi connectivity index (χ2n) is 17.8. The van der Waals surface area contributed by atoms with Gasteiger partial charge in [0.2, 0.25) is 0 Å². The van der Waals surface area contributed by atoms with E-state index in [1.807, 2.05) is 6.07 Å². The summed E-state index contributed by atoms with van der Waals surface area (Å²) in [6.07, 6.45) is 0. The lowest BCUT2D eigenvalue weighted by atomic mass is 9.33. The summed E-state index contributed by atoms with van der Waals surface area (Å²) in [5, 5.41) is 2.26. The molecule has 63 heavy (non-hydrogen) atoms. The molecule has 0 bridgehead atoms. The predicted octanol–water partition coefficient (Wildman–Crippen LogP) is 13.8. The molecule has 10 aromatic rings. The molecule has 0 amide bonds. The van der Waals surface area contributed by atoms with E-state index in [4.69, 9.17) is 4.42 Å². The molecule has 3 heterocycles. The van der Waals surface area contributed by atoms with Gasteiger partial charge in [-0.3, -0.25) is 0 Å². The Bertz CT molecular complexity index is 3440. The molecule has 5 heteroatoms. The normalized spacial score (nSPS) is 14.0. The van der Waals surface area contributed by atoms with Gasteiger partial charge in [-0.05, 0) is 136 Å². The molecule has 0 N–H and O–H groups in total. The Labute approximate surface area is 368 Å². The summed E-state index contributed by atoms with van der Waals surface area (Å²) in [6, 6.07) is 73.6. The molecule has 3 aliphatic rings. The Morgan fingerprint density at radius 1 is 0.444 bits per heavy atom. The van der Waals surface area contributed by atoms with Crippen molar-refractivity contribution in [1.82, 2.24) is 0 Å². The van der Waals surface area contributed by atoms with E-state index < -0.39 is 0 Å². The number of anilines is 9. The van der Waals surface area contributed by atoms with E-state index in [2.05, 4.69) is 230 Å². The maximum absolute atomic E-state index is 6.51. The standard InChI is InChI=1S/C58H42BN3O/c1-37-32-53-57-54(33-37)62(40-26-29-44-43-20-10-12-22-47(43)58(2,3)48(44)34-40)52-35-41(60(38-16-6-4-7-17-38)39-18-8-5-9-19-39)28-31-50(52)59(57)49-23-13-14-24-51(49)61(53)42-27-30-46-45-21-11-15-25-55(45)63-56(46)36-42/h4-36H,1-3H3. The molecule has 0 saturated heterocycles. The van der Waals surface area contributed by atoms with E-state index in [-0.39, 0.29) is 12.1 Å². The predicted molar refractivity (Wildman–Crippen MR) is 265 cm³/mol. The van der Waals surface area contributed by atoms with E-state index in [1.54, 1.807) is 0 Å². The second-order valence-corrected chi connectivity index (χ2v) is 17.8. The van der Waals surface area contributed by atoms with Crippen molar-refractivity contribution in [1.29, 1.82) is 0 Å². The van der Waals surface area contributed by atoms with Gasteiger partial charge < -0.3 is 19.1 Å². The first-order valence-electron chi connectivity index (χ1n) is 22.0. The van der Waals surface area contributed by atoms with E-state index in [9.17, 15) is 0 Å². The fraction of sp³-hybridized carbons (Fsp3) is 0.0690. The summed E-state index contributed by atoms with van der Waals surface area (Å²) in [4.78, 5) is 7.41. The molecule has 13 rings (SSSR count). The summed E-state index contributed by atoms with van der Waals surface area (Å²) in [5.74, 6) is 0. The van der Waals surface area contributed by atoms with Crippen LogP contribution in [0.1, 0.15) is 30.5 Å². The summed E-state index contributed by atoms with van der Waals surface area (Å²) in [6.45, 7) is 6.99. The number of nitrogens with zero attached hydrogens (tertiary/aromatic N) is 3. The molecule has 9 aromatic carbocycles. The average molecular weight is 808 g/mol. The summed E-state index contributed by atoms with van der Waals surface area (Å²) in [5.41, 5.74) is 22.4. The van der Waals surface area contributed by atoms with Gasteiger partial charge in [0.1, 0.15) is 11.2 Å². The van der Waals surface area contributed by atoms with Gasteiger partial charge in [-0.1, -0.05) is 123 Å². The van der Waals surface area contributed by atoms with Crippen LogP contribution in [0.25, 0.3) is 33.1 Å². The maximum Gasteiger partial charge on any atom is 0.252 e. The third-order valence-electron chi connectivity index (χ3n) is 13.8. The first kappa shape index (κ1) is 35.9. The van der Waals surface area contributed by atoms with Crippen LogP contribution in [-0.4, -0.2) is 6.71 Å². The lowest BCUT2D eigenvalue weighted by Crippen LogP contribution is -2.61. The monoisotopic (exact) mass is 807 g/mol.